The van der Waals surface area contributed by atoms with Gasteiger partial charge in [-0.1, -0.05) is 13.3 Å². The maximum absolute atomic E-state index is 11.8. The Morgan fingerprint density at radius 2 is 1.89 bits per heavy atom. The zero-order valence-electron chi connectivity index (χ0n) is 11.6. The van der Waals surface area contributed by atoms with E-state index in [9.17, 15) is 19.7 Å². The van der Waals surface area contributed by atoms with E-state index in [2.05, 4.69) is 4.74 Å². The van der Waals surface area contributed by atoms with Crippen molar-refractivity contribution in [1.82, 2.24) is 0 Å². The Kier molecular flexibility index (Phi) is 8.48. The van der Waals surface area contributed by atoms with Gasteiger partial charge in [0.15, 0.2) is 0 Å². The molecule has 0 aliphatic heterocycles. The normalized spacial score (nSPS) is 13.4. The molecular weight excluding hydrogens is 254 g/mol. The molecule has 0 aliphatic carbocycles. The molecule has 2 atom stereocenters. The van der Waals surface area contributed by atoms with Crippen molar-refractivity contribution in [1.29, 1.82) is 0 Å². The summed E-state index contributed by atoms with van der Waals surface area (Å²) in [6.07, 6.45) is 0.891. The molecule has 0 N–H and O–H groups in total. The van der Waals surface area contributed by atoms with Crippen LogP contribution in [-0.2, 0) is 19.1 Å². The Morgan fingerprint density at radius 1 is 1.26 bits per heavy atom. The van der Waals surface area contributed by atoms with Crippen LogP contribution in [0.4, 0.5) is 0 Å². The second-order valence-electron chi connectivity index (χ2n) is 4.11. The molecule has 0 amide bonds. The fraction of sp³-hybridized carbons (Fsp3) is 0.833. The lowest BCUT2D eigenvalue weighted by atomic mass is 9.92. The molecule has 7 nitrogen and oxygen atoms in total. The molecule has 110 valence electrons. The van der Waals surface area contributed by atoms with E-state index >= 15 is 0 Å². The molecule has 0 aromatic carbocycles. The molecule has 0 spiro atoms. The Bertz CT molecular complexity index is 317. The Balaban J connectivity index is 4.80. The second-order valence-corrected chi connectivity index (χ2v) is 4.11. The van der Waals surface area contributed by atoms with Crippen LogP contribution in [0, 0.1) is 16.0 Å². The third-order valence-corrected chi connectivity index (χ3v) is 2.80. The lowest BCUT2D eigenvalue weighted by Crippen LogP contribution is -2.36. The van der Waals surface area contributed by atoms with Gasteiger partial charge in [-0.05, 0) is 13.3 Å². The van der Waals surface area contributed by atoms with Crippen LogP contribution in [0.25, 0.3) is 0 Å². The van der Waals surface area contributed by atoms with Gasteiger partial charge in [0.25, 0.3) is 0 Å². The summed E-state index contributed by atoms with van der Waals surface area (Å²) >= 11 is 0. The minimum absolute atomic E-state index is 0.0246. The summed E-state index contributed by atoms with van der Waals surface area (Å²) < 4.78 is 9.31. The second kappa shape index (κ2) is 9.29. The zero-order valence-corrected chi connectivity index (χ0v) is 11.6. The van der Waals surface area contributed by atoms with E-state index in [4.69, 9.17) is 4.74 Å². The van der Waals surface area contributed by atoms with Crippen LogP contribution in [0.3, 0.4) is 0 Å². The number of esters is 2. The van der Waals surface area contributed by atoms with Gasteiger partial charge in [-0.3, -0.25) is 19.7 Å². The van der Waals surface area contributed by atoms with Crippen molar-refractivity contribution in [2.75, 3.05) is 13.7 Å². The zero-order chi connectivity index (χ0) is 14.8. The molecule has 19 heavy (non-hydrogen) atoms. The minimum Gasteiger partial charge on any atom is -0.469 e. The quantitative estimate of drug-likeness (QED) is 0.360. The van der Waals surface area contributed by atoms with Crippen molar-refractivity contribution in [2.45, 2.75) is 45.6 Å². The van der Waals surface area contributed by atoms with Crippen molar-refractivity contribution in [3.05, 3.63) is 10.1 Å². The standard InChI is InChI=1S/C12H21NO6/c1-4-6-9(12(15)19-5-2)10(13(16)17)7-8-11(14)18-3/h9-10H,4-8H2,1-3H3/t9-,10-/m1/s1. The van der Waals surface area contributed by atoms with Gasteiger partial charge in [0.05, 0.1) is 20.1 Å². The van der Waals surface area contributed by atoms with Crippen LogP contribution < -0.4 is 0 Å². The highest BCUT2D eigenvalue weighted by Crippen LogP contribution is 2.20. The van der Waals surface area contributed by atoms with Gasteiger partial charge < -0.3 is 9.47 Å². The van der Waals surface area contributed by atoms with Gasteiger partial charge in [-0.15, -0.1) is 0 Å². The van der Waals surface area contributed by atoms with Gasteiger partial charge >= 0.3 is 11.9 Å². The van der Waals surface area contributed by atoms with Crippen molar-refractivity contribution >= 4 is 11.9 Å². The Hall–Kier alpha value is -1.66. The molecule has 0 radical (unpaired) electrons. The number of nitro groups is 1. The maximum atomic E-state index is 11.8. The SMILES string of the molecule is CCC[C@@H](C(=O)OCC)[C@@H](CCC(=O)OC)[N+](=O)[O-]. The maximum Gasteiger partial charge on any atom is 0.315 e. The van der Waals surface area contributed by atoms with Gasteiger partial charge in [0, 0.05) is 11.3 Å². The molecule has 0 saturated carbocycles. The summed E-state index contributed by atoms with van der Waals surface area (Å²) in [7, 11) is 1.22. The molecule has 0 fully saturated rings. The highest BCUT2D eigenvalue weighted by molar-refractivity contribution is 5.73. The average molecular weight is 275 g/mol. The molecule has 0 aromatic rings. The smallest absolute Gasteiger partial charge is 0.315 e. The highest BCUT2D eigenvalue weighted by atomic mass is 16.6. The fourth-order valence-corrected chi connectivity index (χ4v) is 1.85. The van der Waals surface area contributed by atoms with Gasteiger partial charge in [-0.25, -0.2) is 0 Å². The van der Waals surface area contributed by atoms with Crippen molar-refractivity contribution < 1.29 is 24.0 Å². The van der Waals surface area contributed by atoms with Crippen molar-refractivity contribution in [2.24, 2.45) is 5.92 Å². The van der Waals surface area contributed by atoms with Crippen LogP contribution >= 0.6 is 0 Å². The number of rotatable bonds is 9. The molecule has 0 saturated heterocycles. The lowest BCUT2D eigenvalue weighted by Gasteiger charge is -2.18. The first-order valence-corrected chi connectivity index (χ1v) is 6.34. The Morgan fingerprint density at radius 3 is 2.32 bits per heavy atom. The molecule has 0 unspecified atom stereocenters. The highest BCUT2D eigenvalue weighted by Gasteiger charge is 2.37. The van der Waals surface area contributed by atoms with E-state index in [0.717, 1.165) is 0 Å². The van der Waals surface area contributed by atoms with Crippen LogP contribution in [0.2, 0.25) is 0 Å². The molecule has 0 aliphatic rings. The molecule has 0 rings (SSSR count). The first kappa shape index (κ1) is 17.3. The first-order valence-electron chi connectivity index (χ1n) is 6.34. The fourth-order valence-electron chi connectivity index (χ4n) is 1.85. The van der Waals surface area contributed by atoms with Crippen molar-refractivity contribution in [3.8, 4) is 0 Å². The van der Waals surface area contributed by atoms with E-state index < -0.39 is 28.8 Å². The van der Waals surface area contributed by atoms with Gasteiger partial charge in [0.2, 0.25) is 6.04 Å². The summed E-state index contributed by atoms with van der Waals surface area (Å²) in [4.78, 5) is 33.4. The van der Waals surface area contributed by atoms with E-state index in [1.807, 2.05) is 6.92 Å². The summed E-state index contributed by atoms with van der Waals surface area (Å²) in [5.41, 5.74) is 0. The topological polar surface area (TPSA) is 95.7 Å². The van der Waals surface area contributed by atoms with Crippen LogP contribution in [0.5, 0.6) is 0 Å². The third kappa shape index (κ3) is 6.17. The number of hydrogen-bond acceptors (Lipinski definition) is 6. The van der Waals surface area contributed by atoms with E-state index in [0.29, 0.717) is 12.8 Å². The number of carbonyl (C=O) groups excluding carboxylic acids is 2. The summed E-state index contributed by atoms with van der Waals surface area (Å²) in [6.45, 7) is 3.67. The van der Waals surface area contributed by atoms with Crippen LogP contribution in [-0.4, -0.2) is 36.6 Å². The third-order valence-electron chi connectivity index (χ3n) is 2.80. The average Bonchev–Trinajstić information content (AvgIpc) is 2.37. The number of nitrogens with zero attached hydrogens (tertiary/aromatic N) is 1. The summed E-state index contributed by atoms with van der Waals surface area (Å²) in [6, 6.07) is -1.11. The molecule has 7 heteroatoms. The van der Waals surface area contributed by atoms with E-state index in [1.54, 1.807) is 6.92 Å². The van der Waals surface area contributed by atoms with Gasteiger partial charge in [0.1, 0.15) is 5.92 Å². The molecule has 0 heterocycles. The summed E-state index contributed by atoms with van der Waals surface area (Å²) in [5, 5.41) is 11.1. The largest absolute Gasteiger partial charge is 0.469 e. The molecule has 0 aromatic heterocycles. The lowest BCUT2D eigenvalue weighted by molar-refractivity contribution is -0.531. The van der Waals surface area contributed by atoms with Crippen molar-refractivity contribution in [3.63, 3.8) is 0 Å². The first-order chi connectivity index (χ1) is 8.97. The van der Waals surface area contributed by atoms with Crippen LogP contribution in [0.1, 0.15) is 39.5 Å². The minimum atomic E-state index is -1.11. The molecule has 0 bridgehead atoms. The number of ether oxygens (including phenoxy) is 2. The van der Waals surface area contributed by atoms with Gasteiger partial charge in [-0.2, -0.15) is 0 Å². The number of methoxy groups -OCH3 is 1. The summed E-state index contributed by atoms with van der Waals surface area (Å²) in [5.74, 6) is -1.91. The predicted octanol–water partition coefficient (Wildman–Crippen LogP) is 1.56. The number of hydrogen-bond donors (Lipinski definition) is 0. The monoisotopic (exact) mass is 275 g/mol. The molecular formula is C12H21NO6. The predicted molar refractivity (Wildman–Crippen MR) is 67.1 cm³/mol. The number of carbonyl (C=O) groups is 2. The Labute approximate surface area is 112 Å². The van der Waals surface area contributed by atoms with Crippen LogP contribution in [0.15, 0.2) is 0 Å². The van der Waals surface area contributed by atoms with E-state index in [1.165, 1.54) is 7.11 Å². The van der Waals surface area contributed by atoms with E-state index in [-0.39, 0.29) is 19.4 Å².